The van der Waals surface area contributed by atoms with Crippen LogP contribution in [0.4, 0.5) is 0 Å². The number of benzene rings is 2. The molecule has 0 spiro atoms. The summed E-state index contributed by atoms with van der Waals surface area (Å²) in [6.07, 6.45) is 1.79. The lowest BCUT2D eigenvalue weighted by Crippen LogP contribution is -2.36. The maximum absolute atomic E-state index is 12.3. The largest absolute Gasteiger partial charge is 0.466 e. The SMILES string of the molecule is CCOC(=O)C1CC=C(c2ccccc2)OC1OCc1ccccc1. The molecule has 1 aliphatic rings. The molecule has 3 rings (SSSR count). The number of carbonyl (C=O) groups excluding carboxylic acids is 1. The van der Waals surface area contributed by atoms with E-state index in [9.17, 15) is 4.79 Å². The van der Waals surface area contributed by atoms with E-state index in [1.807, 2.05) is 66.7 Å². The van der Waals surface area contributed by atoms with Crippen LogP contribution < -0.4 is 0 Å². The summed E-state index contributed by atoms with van der Waals surface area (Å²) in [7, 11) is 0. The molecular weight excluding hydrogens is 316 g/mol. The van der Waals surface area contributed by atoms with Crippen LogP contribution in [0.3, 0.4) is 0 Å². The Labute approximate surface area is 148 Å². The molecule has 1 heterocycles. The van der Waals surface area contributed by atoms with E-state index in [-0.39, 0.29) is 5.97 Å². The molecule has 130 valence electrons. The van der Waals surface area contributed by atoms with Gasteiger partial charge in [0.2, 0.25) is 6.29 Å². The zero-order valence-corrected chi connectivity index (χ0v) is 14.3. The Hall–Kier alpha value is -2.59. The van der Waals surface area contributed by atoms with Gasteiger partial charge in [-0.2, -0.15) is 0 Å². The first-order valence-corrected chi connectivity index (χ1v) is 8.52. The van der Waals surface area contributed by atoms with Crippen LogP contribution in [0.25, 0.3) is 5.76 Å². The molecule has 2 aromatic rings. The number of esters is 1. The molecule has 0 aromatic heterocycles. The van der Waals surface area contributed by atoms with Gasteiger partial charge >= 0.3 is 5.97 Å². The molecule has 4 nitrogen and oxygen atoms in total. The number of hydrogen-bond donors (Lipinski definition) is 0. The standard InChI is InChI=1S/C21H22O4/c1-2-23-20(22)18-13-14-19(17-11-7-4-8-12-17)25-21(18)24-15-16-9-5-3-6-10-16/h3-12,14,18,21H,2,13,15H2,1H3. The number of ether oxygens (including phenoxy) is 3. The fourth-order valence-electron chi connectivity index (χ4n) is 2.75. The molecule has 2 unspecified atom stereocenters. The maximum atomic E-state index is 12.3. The molecule has 0 N–H and O–H groups in total. The second-order valence-corrected chi connectivity index (χ2v) is 5.81. The third-order valence-electron chi connectivity index (χ3n) is 4.03. The van der Waals surface area contributed by atoms with Crippen molar-refractivity contribution in [2.45, 2.75) is 26.2 Å². The number of rotatable bonds is 6. The van der Waals surface area contributed by atoms with Crippen LogP contribution in [0, 0.1) is 5.92 Å². The third kappa shape index (κ3) is 4.48. The predicted octanol–water partition coefficient (Wildman–Crippen LogP) is 4.17. The zero-order chi connectivity index (χ0) is 17.5. The van der Waals surface area contributed by atoms with Gasteiger partial charge in [-0.3, -0.25) is 4.79 Å². The molecule has 0 radical (unpaired) electrons. The van der Waals surface area contributed by atoms with Crippen LogP contribution in [-0.4, -0.2) is 18.9 Å². The van der Waals surface area contributed by atoms with Crippen LogP contribution in [0.5, 0.6) is 0 Å². The van der Waals surface area contributed by atoms with Crippen molar-refractivity contribution in [3.63, 3.8) is 0 Å². The third-order valence-corrected chi connectivity index (χ3v) is 4.03. The highest BCUT2D eigenvalue weighted by Gasteiger charge is 2.35. The fraction of sp³-hybridized carbons (Fsp3) is 0.286. The highest BCUT2D eigenvalue weighted by Crippen LogP contribution is 2.31. The minimum absolute atomic E-state index is 0.288. The van der Waals surface area contributed by atoms with Crippen molar-refractivity contribution in [2.24, 2.45) is 5.92 Å². The van der Waals surface area contributed by atoms with Crippen molar-refractivity contribution in [3.05, 3.63) is 77.9 Å². The Balaban J connectivity index is 1.75. The van der Waals surface area contributed by atoms with E-state index in [4.69, 9.17) is 14.2 Å². The van der Waals surface area contributed by atoms with Crippen LogP contribution in [0.2, 0.25) is 0 Å². The molecule has 0 fully saturated rings. The molecule has 0 bridgehead atoms. The van der Waals surface area contributed by atoms with Gasteiger partial charge in [0, 0.05) is 5.56 Å². The van der Waals surface area contributed by atoms with Crippen molar-refractivity contribution in [1.82, 2.24) is 0 Å². The van der Waals surface area contributed by atoms with Crippen molar-refractivity contribution in [3.8, 4) is 0 Å². The minimum atomic E-state index is -0.667. The monoisotopic (exact) mass is 338 g/mol. The van der Waals surface area contributed by atoms with Crippen LogP contribution in [-0.2, 0) is 25.6 Å². The normalized spacial score (nSPS) is 19.6. The van der Waals surface area contributed by atoms with Gasteiger partial charge in [0.05, 0.1) is 13.2 Å². The van der Waals surface area contributed by atoms with E-state index in [0.29, 0.717) is 19.6 Å². The van der Waals surface area contributed by atoms with E-state index in [1.54, 1.807) is 6.92 Å². The maximum Gasteiger partial charge on any atom is 0.315 e. The Morgan fingerprint density at radius 3 is 2.44 bits per heavy atom. The molecule has 0 saturated carbocycles. The predicted molar refractivity (Wildman–Crippen MR) is 95.3 cm³/mol. The van der Waals surface area contributed by atoms with Crippen molar-refractivity contribution < 1.29 is 19.0 Å². The first kappa shape index (κ1) is 17.2. The molecule has 2 aromatic carbocycles. The highest BCUT2D eigenvalue weighted by atomic mass is 16.7. The fourth-order valence-corrected chi connectivity index (χ4v) is 2.75. The van der Waals surface area contributed by atoms with Crippen molar-refractivity contribution in [1.29, 1.82) is 0 Å². The van der Waals surface area contributed by atoms with Crippen LogP contribution in [0.15, 0.2) is 66.7 Å². The number of allylic oxidation sites excluding steroid dienone is 1. The average molecular weight is 338 g/mol. The average Bonchev–Trinajstić information content (AvgIpc) is 2.68. The molecule has 4 heteroatoms. The van der Waals surface area contributed by atoms with Gasteiger partial charge in [-0.05, 0) is 25.0 Å². The lowest BCUT2D eigenvalue weighted by molar-refractivity contribution is -0.179. The van der Waals surface area contributed by atoms with Gasteiger partial charge in [-0.25, -0.2) is 0 Å². The minimum Gasteiger partial charge on any atom is -0.466 e. The molecule has 2 atom stereocenters. The summed E-state index contributed by atoms with van der Waals surface area (Å²) in [6.45, 7) is 2.52. The number of carbonyl (C=O) groups is 1. The zero-order valence-electron chi connectivity index (χ0n) is 14.3. The summed E-state index contributed by atoms with van der Waals surface area (Å²) >= 11 is 0. The summed E-state index contributed by atoms with van der Waals surface area (Å²) in [5, 5.41) is 0. The van der Waals surface area contributed by atoms with E-state index < -0.39 is 12.2 Å². The van der Waals surface area contributed by atoms with E-state index >= 15 is 0 Å². The van der Waals surface area contributed by atoms with E-state index in [1.165, 1.54) is 0 Å². The van der Waals surface area contributed by atoms with E-state index in [2.05, 4.69) is 0 Å². The summed E-state index contributed by atoms with van der Waals surface area (Å²) in [4.78, 5) is 12.3. The molecular formula is C21H22O4. The van der Waals surface area contributed by atoms with Gasteiger partial charge in [0.25, 0.3) is 0 Å². The quantitative estimate of drug-likeness (QED) is 0.742. The Morgan fingerprint density at radius 2 is 1.76 bits per heavy atom. The first-order valence-electron chi connectivity index (χ1n) is 8.52. The molecule has 0 amide bonds. The Bertz CT molecular complexity index is 709. The topological polar surface area (TPSA) is 44.8 Å². The lowest BCUT2D eigenvalue weighted by atomic mass is 10.00. The van der Waals surface area contributed by atoms with Gasteiger partial charge in [-0.1, -0.05) is 60.7 Å². The van der Waals surface area contributed by atoms with Crippen LogP contribution >= 0.6 is 0 Å². The van der Waals surface area contributed by atoms with Crippen LogP contribution in [0.1, 0.15) is 24.5 Å². The first-order chi connectivity index (χ1) is 12.3. The summed E-state index contributed by atoms with van der Waals surface area (Å²) in [6, 6.07) is 19.7. The van der Waals surface area contributed by atoms with Gasteiger partial charge in [-0.15, -0.1) is 0 Å². The smallest absolute Gasteiger partial charge is 0.315 e. The molecule has 0 saturated heterocycles. The summed E-state index contributed by atoms with van der Waals surface area (Å²) < 4.78 is 17.1. The Kier molecular flexibility index (Phi) is 5.86. The summed E-state index contributed by atoms with van der Waals surface area (Å²) in [5.74, 6) is -0.0146. The van der Waals surface area contributed by atoms with Crippen molar-refractivity contribution >= 4 is 11.7 Å². The molecule has 25 heavy (non-hydrogen) atoms. The second kappa shape index (κ2) is 8.49. The van der Waals surface area contributed by atoms with Crippen molar-refractivity contribution in [2.75, 3.05) is 6.61 Å². The summed E-state index contributed by atoms with van der Waals surface area (Å²) in [5.41, 5.74) is 2.00. The Morgan fingerprint density at radius 1 is 1.08 bits per heavy atom. The van der Waals surface area contributed by atoms with Gasteiger partial charge in [0.15, 0.2) is 0 Å². The number of hydrogen-bond acceptors (Lipinski definition) is 4. The van der Waals surface area contributed by atoms with E-state index in [0.717, 1.165) is 16.9 Å². The van der Waals surface area contributed by atoms with Gasteiger partial charge in [0.1, 0.15) is 11.7 Å². The second-order valence-electron chi connectivity index (χ2n) is 5.81. The molecule has 0 aliphatic carbocycles. The molecule has 1 aliphatic heterocycles. The van der Waals surface area contributed by atoms with Gasteiger partial charge < -0.3 is 14.2 Å². The highest BCUT2D eigenvalue weighted by molar-refractivity contribution is 5.74. The lowest BCUT2D eigenvalue weighted by Gasteiger charge is -2.30.